The zero-order valence-corrected chi connectivity index (χ0v) is 18.8. The van der Waals surface area contributed by atoms with Crippen LogP contribution >= 0.6 is 11.8 Å². The molecule has 1 aromatic carbocycles. The van der Waals surface area contributed by atoms with Gasteiger partial charge in [-0.3, -0.25) is 19.2 Å². The number of nitrogens with zero attached hydrogens (tertiary/aromatic N) is 5. The summed E-state index contributed by atoms with van der Waals surface area (Å²) in [6.07, 6.45) is 3.44. The van der Waals surface area contributed by atoms with E-state index in [4.69, 9.17) is 9.47 Å². The molecule has 0 unspecified atom stereocenters. The Kier molecular flexibility index (Phi) is 7.70. The van der Waals surface area contributed by atoms with Crippen molar-refractivity contribution >= 4 is 17.7 Å². The molecule has 0 spiro atoms. The van der Waals surface area contributed by atoms with E-state index in [0.717, 1.165) is 49.8 Å². The molecule has 0 bridgehead atoms. The van der Waals surface area contributed by atoms with Gasteiger partial charge in [0.1, 0.15) is 5.75 Å². The van der Waals surface area contributed by atoms with Gasteiger partial charge in [0.25, 0.3) is 0 Å². The van der Waals surface area contributed by atoms with Gasteiger partial charge in [-0.15, -0.1) is 10.2 Å². The average molecular weight is 455 g/mol. The van der Waals surface area contributed by atoms with Crippen LogP contribution in [0.5, 0.6) is 5.75 Å². The van der Waals surface area contributed by atoms with E-state index >= 15 is 0 Å². The number of hydrogen-bond donors (Lipinski definition) is 1. The number of carbonyl (C=O) groups excluding carboxylic acids is 1. The van der Waals surface area contributed by atoms with E-state index in [1.807, 2.05) is 41.0 Å². The number of rotatable bonds is 9. The summed E-state index contributed by atoms with van der Waals surface area (Å²) >= 11 is 1.36. The summed E-state index contributed by atoms with van der Waals surface area (Å²) in [5.41, 5.74) is 1.78. The molecule has 1 aliphatic rings. The minimum atomic E-state index is -0.0296. The molecule has 9 nitrogen and oxygen atoms in total. The van der Waals surface area contributed by atoms with Gasteiger partial charge in [0.05, 0.1) is 26.1 Å². The van der Waals surface area contributed by atoms with Crippen molar-refractivity contribution < 1.29 is 14.3 Å². The van der Waals surface area contributed by atoms with E-state index in [1.54, 1.807) is 19.5 Å². The molecule has 1 fully saturated rings. The van der Waals surface area contributed by atoms with Crippen LogP contribution < -0.4 is 10.1 Å². The van der Waals surface area contributed by atoms with Gasteiger partial charge in [-0.25, -0.2) is 0 Å². The molecule has 0 saturated carbocycles. The molecule has 168 valence electrons. The Morgan fingerprint density at radius 3 is 2.59 bits per heavy atom. The molecule has 3 aromatic rings. The Morgan fingerprint density at radius 1 is 1.12 bits per heavy atom. The number of amides is 1. The second-order valence-corrected chi connectivity index (χ2v) is 8.11. The third-order valence-corrected chi connectivity index (χ3v) is 6.02. The number of hydrogen-bond acceptors (Lipinski definition) is 8. The first-order chi connectivity index (χ1) is 15.7. The normalized spacial score (nSPS) is 14.3. The zero-order valence-electron chi connectivity index (χ0n) is 17.9. The van der Waals surface area contributed by atoms with Crippen molar-refractivity contribution in [2.45, 2.75) is 5.16 Å². The van der Waals surface area contributed by atoms with Crippen LogP contribution in [0.4, 0.5) is 0 Å². The molecule has 2 aromatic heterocycles. The van der Waals surface area contributed by atoms with Gasteiger partial charge >= 0.3 is 0 Å². The average Bonchev–Trinajstić information content (AvgIpc) is 3.28. The van der Waals surface area contributed by atoms with Crippen LogP contribution in [-0.2, 0) is 9.53 Å². The number of benzene rings is 1. The number of methoxy groups -OCH3 is 1. The van der Waals surface area contributed by atoms with E-state index < -0.39 is 0 Å². The lowest BCUT2D eigenvalue weighted by Crippen LogP contribution is -2.41. The number of thioether (sulfide) groups is 1. The van der Waals surface area contributed by atoms with Crippen molar-refractivity contribution in [3.63, 3.8) is 0 Å². The highest BCUT2D eigenvalue weighted by Crippen LogP contribution is 2.28. The van der Waals surface area contributed by atoms with E-state index in [9.17, 15) is 4.79 Å². The third-order valence-electron chi connectivity index (χ3n) is 5.09. The predicted molar refractivity (Wildman–Crippen MR) is 122 cm³/mol. The third kappa shape index (κ3) is 5.64. The Morgan fingerprint density at radius 2 is 1.88 bits per heavy atom. The number of aromatic nitrogens is 4. The van der Waals surface area contributed by atoms with Crippen molar-refractivity contribution in [1.82, 2.24) is 30.0 Å². The maximum atomic E-state index is 12.4. The fourth-order valence-corrected chi connectivity index (χ4v) is 4.16. The summed E-state index contributed by atoms with van der Waals surface area (Å²) in [5, 5.41) is 12.4. The first-order valence-electron chi connectivity index (χ1n) is 10.4. The lowest BCUT2D eigenvalue weighted by Gasteiger charge is -2.26. The lowest BCUT2D eigenvalue weighted by atomic mass is 10.2. The van der Waals surface area contributed by atoms with Crippen molar-refractivity contribution in [3.05, 3.63) is 48.8 Å². The first kappa shape index (κ1) is 22.3. The van der Waals surface area contributed by atoms with Crippen LogP contribution in [0.2, 0.25) is 0 Å². The number of pyridine rings is 1. The standard InChI is InChI=1S/C22H26N6O3S/c1-30-19-4-2-18(3-5-19)28-21(17-6-8-23-9-7-17)25-26-22(28)32-16-20(29)24-10-11-27-12-14-31-15-13-27/h2-9H,10-16H2,1H3,(H,24,29). The number of morpholine rings is 1. The second-order valence-electron chi connectivity index (χ2n) is 7.17. The molecule has 1 saturated heterocycles. The van der Waals surface area contributed by atoms with E-state index in [-0.39, 0.29) is 11.7 Å². The predicted octanol–water partition coefficient (Wildman–Crippen LogP) is 1.88. The molecule has 3 heterocycles. The molecule has 4 rings (SSSR count). The minimum Gasteiger partial charge on any atom is -0.497 e. The highest BCUT2D eigenvalue weighted by molar-refractivity contribution is 7.99. The Bertz CT molecular complexity index is 1010. The maximum absolute atomic E-state index is 12.4. The van der Waals surface area contributed by atoms with Crippen molar-refractivity contribution in [2.75, 3.05) is 52.3 Å². The van der Waals surface area contributed by atoms with E-state index in [1.165, 1.54) is 11.8 Å². The van der Waals surface area contributed by atoms with Gasteiger partial charge in [0, 0.05) is 49.8 Å². The molecule has 1 aliphatic heterocycles. The molecular weight excluding hydrogens is 428 g/mol. The molecule has 32 heavy (non-hydrogen) atoms. The summed E-state index contributed by atoms with van der Waals surface area (Å²) in [6.45, 7) is 4.77. The molecule has 0 atom stereocenters. The quantitative estimate of drug-likeness (QED) is 0.490. The van der Waals surface area contributed by atoms with Gasteiger partial charge in [-0.05, 0) is 36.4 Å². The fraction of sp³-hybridized carbons (Fsp3) is 0.364. The fourth-order valence-electron chi connectivity index (χ4n) is 3.37. The highest BCUT2D eigenvalue weighted by atomic mass is 32.2. The van der Waals surface area contributed by atoms with Gasteiger partial charge in [0.15, 0.2) is 11.0 Å². The molecule has 1 N–H and O–H groups in total. The van der Waals surface area contributed by atoms with Crippen LogP contribution in [0.3, 0.4) is 0 Å². The number of nitrogens with one attached hydrogen (secondary N) is 1. The van der Waals surface area contributed by atoms with Crippen LogP contribution in [0, 0.1) is 0 Å². The van der Waals surface area contributed by atoms with E-state index in [2.05, 4.69) is 25.4 Å². The maximum Gasteiger partial charge on any atom is 0.230 e. The summed E-state index contributed by atoms with van der Waals surface area (Å²) in [4.78, 5) is 18.8. The Balaban J connectivity index is 1.44. The molecule has 10 heteroatoms. The van der Waals surface area contributed by atoms with Crippen LogP contribution in [0.15, 0.2) is 53.9 Å². The number of carbonyl (C=O) groups is 1. The first-order valence-corrected chi connectivity index (χ1v) is 11.4. The topological polar surface area (TPSA) is 94.4 Å². The summed E-state index contributed by atoms with van der Waals surface area (Å²) in [5.74, 6) is 1.68. The van der Waals surface area contributed by atoms with Gasteiger partial charge < -0.3 is 14.8 Å². The van der Waals surface area contributed by atoms with Gasteiger partial charge in [-0.2, -0.15) is 0 Å². The molecule has 0 radical (unpaired) electrons. The Hall–Kier alpha value is -2.95. The van der Waals surface area contributed by atoms with Crippen LogP contribution in [0.1, 0.15) is 0 Å². The summed E-state index contributed by atoms with van der Waals surface area (Å²) in [7, 11) is 1.63. The smallest absolute Gasteiger partial charge is 0.230 e. The van der Waals surface area contributed by atoms with Crippen molar-refractivity contribution in [3.8, 4) is 22.8 Å². The number of ether oxygens (including phenoxy) is 2. The zero-order chi connectivity index (χ0) is 22.2. The van der Waals surface area contributed by atoms with E-state index in [0.29, 0.717) is 17.5 Å². The SMILES string of the molecule is COc1ccc(-n2c(SCC(=O)NCCN3CCOCC3)nnc2-c2ccncc2)cc1. The van der Waals surface area contributed by atoms with Gasteiger partial charge in [0.2, 0.25) is 5.91 Å². The lowest BCUT2D eigenvalue weighted by molar-refractivity contribution is -0.118. The van der Waals surface area contributed by atoms with Gasteiger partial charge in [-0.1, -0.05) is 11.8 Å². The highest BCUT2D eigenvalue weighted by Gasteiger charge is 2.18. The van der Waals surface area contributed by atoms with Crippen molar-refractivity contribution in [1.29, 1.82) is 0 Å². The second kappa shape index (κ2) is 11.1. The monoisotopic (exact) mass is 454 g/mol. The molecular formula is C22H26N6O3S. The molecule has 0 aliphatic carbocycles. The minimum absolute atomic E-state index is 0.0296. The summed E-state index contributed by atoms with van der Waals surface area (Å²) < 4.78 is 12.6. The largest absolute Gasteiger partial charge is 0.497 e. The summed E-state index contributed by atoms with van der Waals surface area (Å²) in [6, 6.07) is 11.4. The Labute approximate surface area is 191 Å². The van der Waals surface area contributed by atoms with Crippen molar-refractivity contribution in [2.24, 2.45) is 0 Å². The van der Waals surface area contributed by atoms with Crippen LogP contribution in [-0.4, -0.2) is 82.8 Å². The molecule has 1 amide bonds. The van der Waals surface area contributed by atoms with Crippen LogP contribution in [0.25, 0.3) is 17.1 Å².